The Morgan fingerprint density at radius 3 is 2.16 bits per heavy atom. The SMILES string of the molecule is CC(=O)c1ccc(CC(NC(=O)CN)C(C)=O)cc1. The molecule has 0 heterocycles. The summed E-state index contributed by atoms with van der Waals surface area (Å²) in [6, 6.07) is 6.39. The third-order valence-corrected chi connectivity index (χ3v) is 2.81. The second-order valence-corrected chi connectivity index (χ2v) is 4.39. The zero-order chi connectivity index (χ0) is 14.4. The zero-order valence-electron chi connectivity index (χ0n) is 11.1. The average Bonchev–Trinajstić information content (AvgIpc) is 2.38. The molecule has 1 amide bonds. The van der Waals surface area contributed by atoms with E-state index in [4.69, 9.17) is 5.73 Å². The van der Waals surface area contributed by atoms with Crippen molar-refractivity contribution < 1.29 is 14.4 Å². The van der Waals surface area contributed by atoms with Crippen LogP contribution in [0.1, 0.15) is 29.8 Å². The maximum Gasteiger partial charge on any atom is 0.234 e. The number of ketones is 2. The lowest BCUT2D eigenvalue weighted by Gasteiger charge is -2.15. The Kier molecular flexibility index (Phi) is 5.38. The van der Waals surface area contributed by atoms with Crippen molar-refractivity contribution in [2.75, 3.05) is 6.54 Å². The van der Waals surface area contributed by atoms with E-state index in [1.165, 1.54) is 13.8 Å². The Morgan fingerprint density at radius 1 is 1.16 bits per heavy atom. The van der Waals surface area contributed by atoms with E-state index in [2.05, 4.69) is 5.32 Å². The summed E-state index contributed by atoms with van der Waals surface area (Å²) in [5, 5.41) is 2.57. The van der Waals surface area contributed by atoms with Gasteiger partial charge in [0.15, 0.2) is 11.6 Å². The van der Waals surface area contributed by atoms with Crippen molar-refractivity contribution in [2.45, 2.75) is 26.3 Å². The molecular weight excluding hydrogens is 244 g/mol. The van der Waals surface area contributed by atoms with E-state index >= 15 is 0 Å². The quantitative estimate of drug-likeness (QED) is 0.729. The maximum absolute atomic E-state index is 11.5. The second-order valence-electron chi connectivity index (χ2n) is 4.39. The summed E-state index contributed by atoms with van der Waals surface area (Å²) in [6.07, 6.45) is 0.388. The lowest BCUT2D eigenvalue weighted by Crippen LogP contribution is -2.44. The van der Waals surface area contributed by atoms with Gasteiger partial charge >= 0.3 is 0 Å². The molecule has 0 bridgehead atoms. The van der Waals surface area contributed by atoms with Gasteiger partial charge in [0.2, 0.25) is 5.91 Å². The standard InChI is InChI=1S/C14H18N2O3/c1-9(17)12-5-3-11(4-6-12)7-13(10(2)18)16-14(19)8-15/h3-6,13H,7-8,15H2,1-2H3,(H,16,19). The fourth-order valence-corrected chi connectivity index (χ4v) is 1.66. The van der Waals surface area contributed by atoms with Crippen molar-refractivity contribution in [3.05, 3.63) is 35.4 Å². The van der Waals surface area contributed by atoms with Crippen molar-refractivity contribution in [2.24, 2.45) is 5.73 Å². The van der Waals surface area contributed by atoms with Crippen molar-refractivity contribution in [1.82, 2.24) is 5.32 Å². The number of rotatable bonds is 6. The molecule has 0 radical (unpaired) electrons. The van der Waals surface area contributed by atoms with Gasteiger partial charge in [-0.05, 0) is 25.8 Å². The van der Waals surface area contributed by atoms with Crippen molar-refractivity contribution in [3.63, 3.8) is 0 Å². The molecule has 1 atom stereocenters. The lowest BCUT2D eigenvalue weighted by molar-refractivity contribution is -0.126. The van der Waals surface area contributed by atoms with Gasteiger partial charge in [0.25, 0.3) is 0 Å². The van der Waals surface area contributed by atoms with Crippen LogP contribution < -0.4 is 11.1 Å². The van der Waals surface area contributed by atoms with Crippen LogP contribution in [-0.4, -0.2) is 30.1 Å². The molecule has 102 valence electrons. The number of carbonyl (C=O) groups is 3. The molecule has 0 aliphatic carbocycles. The summed E-state index contributed by atoms with van der Waals surface area (Å²) in [5.74, 6) is -0.496. The fourth-order valence-electron chi connectivity index (χ4n) is 1.66. The van der Waals surface area contributed by atoms with Gasteiger partial charge in [-0.1, -0.05) is 24.3 Å². The largest absolute Gasteiger partial charge is 0.345 e. The molecule has 0 aliphatic rings. The molecule has 5 nitrogen and oxygen atoms in total. The van der Waals surface area contributed by atoms with E-state index in [1.54, 1.807) is 24.3 Å². The van der Waals surface area contributed by atoms with Crippen molar-refractivity contribution in [3.8, 4) is 0 Å². The molecule has 1 unspecified atom stereocenters. The highest BCUT2D eigenvalue weighted by Crippen LogP contribution is 2.08. The molecule has 1 aromatic carbocycles. The highest BCUT2D eigenvalue weighted by atomic mass is 16.2. The van der Waals surface area contributed by atoms with E-state index in [0.29, 0.717) is 12.0 Å². The van der Waals surface area contributed by atoms with Gasteiger partial charge in [0.05, 0.1) is 12.6 Å². The second kappa shape index (κ2) is 6.80. The van der Waals surface area contributed by atoms with Gasteiger partial charge in [0, 0.05) is 5.56 Å². The Morgan fingerprint density at radius 2 is 1.74 bits per heavy atom. The van der Waals surface area contributed by atoms with Gasteiger partial charge in [-0.2, -0.15) is 0 Å². The molecule has 5 heteroatoms. The van der Waals surface area contributed by atoms with Crippen LogP contribution in [0.15, 0.2) is 24.3 Å². The summed E-state index contributed by atoms with van der Waals surface area (Å²) in [5.41, 5.74) is 6.70. The first-order valence-corrected chi connectivity index (χ1v) is 6.03. The number of nitrogens with two attached hydrogens (primary N) is 1. The predicted molar refractivity (Wildman–Crippen MR) is 71.8 cm³/mol. The topological polar surface area (TPSA) is 89.3 Å². The number of amides is 1. The fraction of sp³-hybridized carbons (Fsp3) is 0.357. The van der Waals surface area contributed by atoms with Crippen LogP contribution in [-0.2, 0) is 16.0 Å². The van der Waals surface area contributed by atoms with Gasteiger partial charge < -0.3 is 11.1 Å². The van der Waals surface area contributed by atoms with Crippen molar-refractivity contribution >= 4 is 17.5 Å². The lowest BCUT2D eigenvalue weighted by atomic mass is 10.0. The van der Waals surface area contributed by atoms with Crippen LogP contribution >= 0.6 is 0 Å². The highest BCUT2D eigenvalue weighted by Gasteiger charge is 2.16. The van der Waals surface area contributed by atoms with Crippen LogP contribution in [0.5, 0.6) is 0 Å². The van der Waals surface area contributed by atoms with Gasteiger partial charge in [0.1, 0.15) is 0 Å². The Hall–Kier alpha value is -2.01. The molecule has 0 aromatic heterocycles. The number of nitrogens with one attached hydrogen (secondary N) is 1. The number of hydrogen-bond donors (Lipinski definition) is 2. The highest BCUT2D eigenvalue weighted by molar-refractivity contribution is 5.94. The maximum atomic E-state index is 11.5. The molecule has 3 N–H and O–H groups in total. The minimum absolute atomic E-state index is 0.00824. The minimum Gasteiger partial charge on any atom is -0.345 e. The Bertz CT molecular complexity index is 480. The molecule has 19 heavy (non-hydrogen) atoms. The number of hydrogen-bond acceptors (Lipinski definition) is 4. The van der Waals surface area contributed by atoms with Crippen LogP contribution in [0.2, 0.25) is 0 Å². The molecule has 0 aliphatic heterocycles. The first-order valence-electron chi connectivity index (χ1n) is 6.03. The summed E-state index contributed by atoms with van der Waals surface area (Å²) in [7, 11) is 0. The van der Waals surface area contributed by atoms with Gasteiger partial charge in [-0.15, -0.1) is 0 Å². The van der Waals surface area contributed by atoms with E-state index in [1.807, 2.05) is 0 Å². The van der Waals surface area contributed by atoms with Gasteiger partial charge in [-0.3, -0.25) is 14.4 Å². The summed E-state index contributed by atoms with van der Waals surface area (Å²) >= 11 is 0. The van der Waals surface area contributed by atoms with E-state index in [-0.39, 0.29) is 24.0 Å². The van der Waals surface area contributed by atoms with Gasteiger partial charge in [-0.25, -0.2) is 0 Å². The zero-order valence-corrected chi connectivity index (χ0v) is 11.1. The third kappa shape index (κ3) is 4.63. The first kappa shape index (κ1) is 15.0. The summed E-state index contributed by atoms with van der Waals surface area (Å²) < 4.78 is 0. The normalized spacial score (nSPS) is 11.7. The average molecular weight is 262 g/mol. The molecule has 1 rings (SSSR count). The number of Topliss-reactive ketones (excluding diaryl/α,β-unsaturated/α-hetero) is 2. The van der Waals surface area contributed by atoms with Crippen LogP contribution in [0.3, 0.4) is 0 Å². The van der Waals surface area contributed by atoms with Crippen LogP contribution in [0.25, 0.3) is 0 Å². The van der Waals surface area contributed by atoms with Crippen LogP contribution in [0, 0.1) is 0 Å². The van der Waals surface area contributed by atoms with Crippen LogP contribution in [0.4, 0.5) is 0 Å². The number of carbonyl (C=O) groups excluding carboxylic acids is 3. The van der Waals surface area contributed by atoms with Crippen molar-refractivity contribution in [1.29, 1.82) is 0 Å². The third-order valence-electron chi connectivity index (χ3n) is 2.81. The summed E-state index contributed by atoms with van der Waals surface area (Å²) in [6.45, 7) is 2.77. The van der Waals surface area contributed by atoms with E-state index in [9.17, 15) is 14.4 Å². The predicted octanol–water partition coefficient (Wildman–Crippen LogP) is 0.464. The van der Waals surface area contributed by atoms with E-state index < -0.39 is 6.04 Å². The van der Waals surface area contributed by atoms with E-state index in [0.717, 1.165) is 5.56 Å². The smallest absolute Gasteiger partial charge is 0.234 e. The first-order chi connectivity index (χ1) is 8.93. The monoisotopic (exact) mass is 262 g/mol. The molecule has 0 saturated heterocycles. The molecule has 0 spiro atoms. The Balaban J connectivity index is 2.76. The number of benzene rings is 1. The Labute approximate surface area is 112 Å². The molecule has 1 aromatic rings. The molecule has 0 saturated carbocycles. The summed E-state index contributed by atoms with van der Waals surface area (Å²) in [4.78, 5) is 33.8. The molecule has 0 fully saturated rings. The molecular formula is C14H18N2O3. The minimum atomic E-state index is -0.584.